The molecule has 6 N–H and O–H groups in total. The van der Waals surface area contributed by atoms with Crippen LogP contribution < -0.4 is 10.6 Å². The lowest BCUT2D eigenvalue weighted by Crippen LogP contribution is -2.59. The Morgan fingerprint density at radius 2 is 2.00 bits per heavy atom. The van der Waals surface area contributed by atoms with Crippen molar-refractivity contribution in [2.24, 2.45) is 0 Å². The maximum absolute atomic E-state index is 12.4. The fraction of sp³-hybridized carbons (Fsp3) is 0.524. The fourth-order valence-corrected chi connectivity index (χ4v) is 3.26. The van der Waals surface area contributed by atoms with Crippen molar-refractivity contribution < 1.29 is 39.5 Å². The van der Waals surface area contributed by atoms with Crippen LogP contribution in [0, 0.1) is 0 Å². The van der Waals surface area contributed by atoms with Gasteiger partial charge in [-0.2, -0.15) is 0 Å². The normalized spacial score (nSPS) is 24.6. The summed E-state index contributed by atoms with van der Waals surface area (Å²) >= 11 is 0. The summed E-state index contributed by atoms with van der Waals surface area (Å²) in [7, 11) is 0. The van der Waals surface area contributed by atoms with Crippen molar-refractivity contribution in [3.63, 3.8) is 0 Å². The predicted octanol–water partition coefficient (Wildman–Crippen LogP) is -1.63. The van der Waals surface area contributed by atoms with Crippen molar-refractivity contribution in [2.45, 2.75) is 57.1 Å². The molecular weight excluding hydrogens is 450 g/mol. The quantitative estimate of drug-likeness (QED) is 0.231. The molecule has 2 amide bonds. The maximum atomic E-state index is 12.4. The zero-order valence-electron chi connectivity index (χ0n) is 18.6. The summed E-state index contributed by atoms with van der Waals surface area (Å²) in [5.41, 5.74) is 1.41. The van der Waals surface area contributed by atoms with Gasteiger partial charge >= 0.3 is 0 Å². The van der Waals surface area contributed by atoms with Crippen molar-refractivity contribution >= 4 is 17.5 Å². The molecule has 1 saturated heterocycles. The smallest absolute Gasteiger partial charge is 0.251 e. The third-order valence-corrected chi connectivity index (χ3v) is 5.20. The molecule has 0 radical (unpaired) electrons. The Morgan fingerprint density at radius 3 is 2.74 bits per heavy atom. The standard InChI is InChI=1S/C21H29N5O8/c1-2-16(28)23-13-5-3-4-12(8-13)20(32)22-9-14-10-26(25-24-14)6-7-33-21-19(31)18(30)17(29)15(11-27)34-21/h3-5,8,10,15,17-19,21,27,29-31H,2,6-7,9,11H2,1H3,(H,22,32)(H,23,28)/t15-,17+,18+,19-,21-/m1/s1. The highest BCUT2D eigenvalue weighted by Crippen LogP contribution is 2.21. The average molecular weight is 479 g/mol. The summed E-state index contributed by atoms with van der Waals surface area (Å²) in [4.78, 5) is 23.9. The van der Waals surface area contributed by atoms with Crippen LogP contribution in [0.5, 0.6) is 0 Å². The number of benzene rings is 1. The first-order valence-electron chi connectivity index (χ1n) is 10.8. The number of nitrogens with zero attached hydrogens (tertiary/aromatic N) is 3. The molecule has 3 rings (SSSR count). The SMILES string of the molecule is CCC(=O)Nc1cccc(C(=O)NCc2cn(CCO[C@@H]3O[C@H](CO)[C@H](O)[C@H](O)[C@H]3O)nn2)c1. The van der Waals surface area contributed by atoms with Gasteiger partial charge in [0.2, 0.25) is 5.91 Å². The Kier molecular flexibility index (Phi) is 9.04. The lowest BCUT2D eigenvalue weighted by atomic mass is 9.99. The summed E-state index contributed by atoms with van der Waals surface area (Å²) in [5.74, 6) is -0.488. The summed E-state index contributed by atoms with van der Waals surface area (Å²) in [6, 6.07) is 6.58. The molecular formula is C21H29N5O8. The minimum absolute atomic E-state index is 0.0358. The highest BCUT2D eigenvalue weighted by atomic mass is 16.7. The van der Waals surface area contributed by atoms with Crippen LogP contribution in [0.4, 0.5) is 5.69 Å². The van der Waals surface area contributed by atoms with Gasteiger partial charge in [0.05, 0.1) is 32.5 Å². The van der Waals surface area contributed by atoms with Crippen LogP contribution in [0.25, 0.3) is 0 Å². The van der Waals surface area contributed by atoms with Gasteiger partial charge in [-0.1, -0.05) is 18.2 Å². The summed E-state index contributed by atoms with van der Waals surface area (Å²) in [5, 5.41) is 52.1. The van der Waals surface area contributed by atoms with E-state index in [1.807, 2.05) is 0 Å². The number of ether oxygens (including phenoxy) is 2. The molecule has 0 aliphatic carbocycles. The number of anilines is 1. The Balaban J connectivity index is 1.45. The molecule has 1 aliphatic heterocycles. The van der Waals surface area contributed by atoms with E-state index < -0.39 is 37.3 Å². The third kappa shape index (κ3) is 6.56. The van der Waals surface area contributed by atoms with Crippen LogP contribution in [-0.2, 0) is 27.4 Å². The van der Waals surface area contributed by atoms with E-state index in [1.54, 1.807) is 37.4 Å². The molecule has 2 aromatic rings. The number of aliphatic hydroxyl groups is 4. The minimum Gasteiger partial charge on any atom is -0.394 e. The molecule has 13 heteroatoms. The number of hydrogen-bond donors (Lipinski definition) is 6. The molecule has 0 bridgehead atoms. The third-order valence-electron chi connectivity index (χ3n) is 5.20. The van der Waals surface area contributed by atoms with Gasteiger partial charge < -0.3 is 40.5 Å². The minimum atomic E-state index is -1.51. The van der Waals surface area contributed by atoms with Gasteiger partial charge in [-0.25, -0.2) is 4.68 Å². The highest BCUT2D eigenvalue weighted by Gasteiger charge is 2.43. The number of nitrogens with one attached hydrogen (secondary N) is 2. The second-order valence-electron chi connectivity index (χ2n) is 7.71. The Hall–Kier alpha value is -2.94. The average Bonchev–Trinajstić information content (AvgIpc) is 3.30. The molecule has 1 aromatic heterocycles. The molecule has 13 nitrogen and oxygen atoms in total. The number of carbonyl (C=O) groups is 2. The van der Waals surface area contributed by atoms with E-state index in [0.717, 1.165) is 0 Å². The lowest BCUT2D eigenvalue weighted by Gasteiger charge is -2.39. The Bertz CT molecular complexity index is 968. The van der Waals surface area contributed by atoms with E-state index >= 15 is 0 Å². The zero-order chi connectivity index (χ0) is 24.7. The molecule has 5 atom stereocenters. The van der Waals surface area contributed by atoms with Crippen molar-refractivity contribution in [3.05, 3.63) is 41.7 Å². The maximum Gasteiger partial charge on any atom is 0.251 e. The molecule has 186 valence electrons. The highest BCUT2D eigenvalue weighted by molar-refractivity contribution is 5.97. The van der Waals surface area contributed by atoms with E-state index in [4.69, 9.17) is 9.47 Å². The van der Waals surface area contributed by atoms with Crippen molar-refractivity contribution in [1.82, 2.24) is 20.3 Å². The van der Waals surface area contributed by atoms with Gasteiger partial charge in [0.1, 0.15) is 30.1 Å². The molecule has 0 saturated carbocycles. The second-order valence-corrected chi connectivity index (χ2v) is 7.71. The van der Waals surface area contributed by atoms with Crippen LogP contribution in [0.2, 0.25) is 0 Å². The van der Waals surface area contributed by atoms with E-state index in [1.165, 1.54) is 4.68 Å². The first-order valence-corrected chi connectivity index (χ1v) is 10.8. The van der Waals surface area contributed by atoms with Crippen molar-refractivity contribution in [2.75, 3.05) is 18.5 Å². The lowest BCUT2D eigenvalue weighted by molar-refractivity contribution is -0.301. The molecule has 34 heavy (non-hydrogen) atoms. The number of aromatic nitrogens is 3. The summed E-state index contributed by atoms with van der Waals surface area (Å²) in [6.07, 6.45) is -4.78. The van der Waals surface area contributed by atoms with Gasteiger partial charge in [0.15, 0.2) is 6.29 Å². The summed E-state index contributed by atoms with van der Waals surface area (Å²) in [6.45, 7) is 1.59. The van der Waals surface area contributed by atoms with Crippen LogP contribution in [0.1, 0.15) is 29.4 Å². The fourth-order valence-electron chi connectivity index (χ4n) is 3.26. The molecule has 0 unspecified atom stereocenters. The molecule has 2 heterocycles. The van der Waals surface area contributed by atoms with Crippen LogP contribution in [-0.4, -0.2) is 91.2 Å². The van der Waals surface area contributed by atoms with E-state index in [0.29, 0.717) is 23.4 Å². The Labute approximate surface area is 195 Å². The topological polar surface area (TPSA) is 188 Å². The van der Waals surface area contributed by atoms with Gasteiger partial charge in [-0.15, -0.1) is 5.10 Å². The number of rotatable bonds is 10. The molecule has 1 aromatic carbocycles. The molecule has 1 aliphatic rings. The second kappa shape index (κ2) is 12.0. The zero-order valence-corrected chi connectivity index (χ0v) is 18.6. The number of amides is 2. The predicted molar refractivity (Wildman–Crippen MR) is 116 cm³/mol. The first kappa shape index (κ1) is 25.7. The largest absolute Gasteiger partial charge is 0.394 e. The van der Waals surface area contributed by atoms with E-state index in [2.05, 4.69) is 20.9 Å². The van der Waals surface area contributed by atoms with Gasteiger partial charge in [0.25, 0.3) is 5.91 Å². The van der Waals surface area contributed by atoms with E-state index in [-0.39, 0.29) is 31.5 Å². The van der Waals surface area contributed by atoms with Gasteiger partial charge in [-0.3, -0.25) is 9.59 Å². The van der Waals surface area contributed by atoms with Crippen LogP contribution >= 0.6 is 0 Å². The van der Waals surface area contributed by atoms with Crippen LogP contribution in [0.15, 0.2) is 30.5 Å². The molecule has 0 spiro atoms. The molecule has 1 fully saturated rings. The summed E-state index contributed by atoms with van der Waals surface area (Å²) < 4.78 is 12.2. The van der Waals surface area contributed by atoms with Crippen molar-refractivity contribution in [3.8, 4) is 0 Å². The van der Waals surface area contributed by atoms with Gasteiger partial charge in [0, 0.05) is 17.7 Å². The number of hydrogen-bond acceptors (Lipinski definition) is 10. The first-order chi connectivity index (χ1) is 16.3. The monoisotopic (exact) mass is 479 g/mol. The van der Waals surface area contributed by atoms with E-state index in [9.17, 15) is 30.0 Å². The Morgan fingerprint density at radius 1 is 1.21 bits per heavy atom. The van der Waals surface area contributed by atoms with Gasteiger partial charge in [-0.05, 0) is 18.2 Å². The number of carbonyl (C=O) groups excluding carboxylic acids is 2. The van der Waals surface area contributed by atoms with Crippen molar-refractivity contribution in [1.29, 1.82) is 0 Å². The van der Waals surface area contributed by atoms with Crippen LogP contribution in [0.3, 0.4) is 0 Å². The number of aliphatic hydroxyl groups excluding tert-OH is 4.